The van der Waals surface area contributed by atoms with Gasteiger partial charge in [-0.1, -0.05) is 77.8 Å². The number of hydrogen-bond acceptors (Lipinski definition) is 5. The van der Waals surface area contributed by atoms with E-state index >= 15 is 0 Å². The molecular weight excluding hydrogens is 451 g/mol. The Hall–Kier alpha value is -3.53. The molecule has 6 nitrogen and oxygen atoms in total. The summed E-state index contributed by atoms with van der Waals surface area (Å²) in [6.07, 6.45) is -1.12. The number of rotatable bonds is 5. The Morgan fingerprint density at radius 2 is 1.69 bits per heavy atom. The van der Waals surface area contributed by atoms with E-state index in [4.69, 9.17) is 32.7 Å². The van der Waals surface area contributed by atoms with Crippen molar-refractivity contribution in [3.8, 4) is 6.07 Å². The molecule has 1 aliphatic heterocycles. The van der Waals surface area contributed by atoms with Crippen molar-refractivity contribution in [3.05, 3.63) is 99.5 Å². The molecule has 8 heteroatoms. The van der Waals surface area contributed by atoms with Crippen LogP contribution in [0, 0.1) is 11.3 Å². The minimum atomic E-state index is -2.15. The van der Waals surface area contributed by atoms with E-state index in [1.807, 2.05) is 12.1 Å². The van der Waals surface area contributed by atoms with Crippen molar-refractivity contribution >= 4 is 41.0 Å². The summed E-state index contributed by atoms with van der Waals surface area (Å²) in [7, 11) is 0. The smallest absolute Gasteiger partial charge is 0.429 e. The molecule has 0 saturated heterocycles. The highest BCUT2D eigenvalue weighted by Crippen LogP contribution is 2.43. The molecule has 0 radical (unpaired) electrons. The molecule has 0 spiro atoms. The van der Waals surface area contributed by atoms with E-state index in [2.05, 4.69) is 0 Å². The number of para-hydroxylation sites is 1. The molecule has 0 aromatic heterocycles. The summed E-state index contributed by atoms with van der Waals surface area (Å²) in [6.45, 7) is 0.0581. The average Bonchev–Trinajstić information content (AvgIpc) is 3.04. The Morgan fingerprint density at radius 1 is 0.969 bits per heavy atom. The fourth-order valence-electron chi connectivity index (χ4n) is 3.50. The predicted octanol–water partition coefficient (Wildman–Crippen LogP) is 5.61. The van der Waals surface area contributed by atoms with Gasteiger partial charge in [0.25, 0.3) is 5.91 Å². The van der Waals surface area contributed by atoms with Crippen LogP contribution in [0.2, 0.25) is 10.0 Å². The van der Waals surface area contributed by atoms with Gasteiger partial charge in [0.1, 0.15) is 12.7 Å². The highest BCUT2D eigenvalue weighted by Gasteiger charge is 2.55. The number of carbonyl (C=O) groups excluding carboxylic acids is 2. The molecule has 1 amide bonds. The average molecular weight is 467 g/mol. The maximum absolute atomic E-state index is 13.4. The minimum Gasteiger partial charge on any atom is -0.429 e. The van der Waals surface area contributed by atoms with E-state index in [1.165, 1.54) is 4.90 Å². The van der Waals surface area contributed by atoms with E-state index in [0.29, 0.717) is 21.3 Å². The molecule has 0 bridgehead atoms. The molecular formula is C24H16Cl2N2O4. The van der Waals surface area contributed by atoms with Gasteiger partial charge in [-0.05, 0) is 29.3 Å². The van der Waals surface area contributed by atoms with Crippen molar-refractivity contribution in [2.75, 3.05) is 4.90 Å². The molecule has 1 unspecified atom stereocenters. The molecule has 32 heavy (non-hydrogen) atoms. The maximum Gasteiger partial charge on any atom is 0.510 e. The van der Waals surface area contributed by atoms with E-state index < -0.39 is 17.7 Å². The molecule has 3 aromatic carbocycles. The van der Waals surface area contributed by atoms with Crippen molar-refractivity contribution < 1.29 is 19.1 Å². The number of benzene rings is 3. The summed E-state index contributed by atoms with van der Waals surface area (Å²) in [6, 6.07) is 22.5. The lowest BCUT2D eigenvalue weighted by atomic mass is 9.97. The largest absolute Gasteiger partial charge is 0.510 e. The van der Waals surface area contributed by atoms with Crippen LogP contribution in [0.1, 0.15) is 16.7 Å². The van der Waals surface area contributed by atoms with Crippen LogP contribution in [0.4, 0.5) is 10.5 Å². The van der Waals surface area contributed by atoms with Gasteiger partial charge in [0.15, 0.2) is 0 Å². The summed E-state index contributed by atoms with van der Waals surface area (Å²) in [4.78, 5) is 27.2. The van der Waals surface area contributed by atoms with Gasteiger partial charge >= 0.3 is 11.8 Å². The number of halogens is 2. The lowest BCUT2D eigenvalue weighted by Gasteiger charge is -2.22. The number of amides is 1. The molecule has 160 valence electrons. The van der Waals surface area contributed by atoms with E-state index in [1.54, 1.807) is 66.7 Å². The molecule has 1 atom stereocenters. The fraction of sp³-hybridized carbons (Fsp3) is 0.125. The van der Waals surface area contributed by atoms with Crippen LogP contribution in [0.25, 0.3) is 0 Å². The monoisotopic (exact) mass is 466 g/mol. The number of ether oxygens (including phenoxy) is 2. The Kier molecular flexibility index (Phi) is 6.04. The Labute approximate surface area is 194 Å². The van der Waals surface area contributed by atoms with Gasteiger partial charge in [-0.2, -0.15) is 5.26 Å². The third-order valence-electron chi connectivity index (χ3n) is 5.04. The first-order valence-electron chi connectivity index (χ1n) is 9.61. The van der Waals surface area contributed by atoms with Crippen LogP contribution in [-0.4, -0.2) is 12.1 Å². The number of nitrogens with zero attached hydrogens (tertiary/aromatic N) is 2. The quantitative estimate of drug-likeness (QED) is 0.456. The number of nitriles is 1. The molecule has 1 heterocycles. The van der Waals surface area contributed by atoms with E-state index in [-0.39, 0.29) is 18.7 Å². The number of fused-ring (bicyclic) bond motifs is 1. The lowest BCUT2D eigenvalue weighted by molar-refractivity contribution is -0.133. The van der Waals surface area contributed by atoms with Gasteiger partial charge in [-0.3, -0.25) is 4.79 Å². The standard InChI is InChI=1S/C24H16Cl2N2O4/c25-19-11-10-17(12-20(19)26)13-28-21-9-5-4-8-18(21)24(15-27,22(28)29)32-23(30)31-14-16-6-2-1-3-7-16/h1-12H,13-14H2. The number of carbonyl (C=O) groups is 2. The van der Waals surface area contributed by atoms with Gasteiger partial charge in [0.05, 0.1) is 22.3 Å². The number of anilines is 1. The highest BCUT2D eigenvalue weighted by atomic mass is 35.5. The van der Waals surface area contributed by atoms with Crippen molar-refractivity contribution in [2.45, 2.75) is 18.8 Å². The molecule has 0 saturated carbocycles. The van der Waals surface area contributed by atoms with Crippen LogP contribution in [-0.2, 0) is 33.0 Å². The zero-order valence-corrected chi connectivity index (χ0v) is 18.1. The highest BCUT2D eigenvalue weighted by molar-refractivity contribution is 6.42. The Balaban J connectivity index is 1.60. The molecule has 3 aromatic rings. The normalized spacial score (nSPS) is 16.9. The number of hydrogen-bond donors (Lipinski definition) is 0. The van der Waals surface area contributed by atoms with Gasteiger partial charge in [-0.25, -0.2) is 4.79 Å². The summed E-state index contributed by atoms with van der Waals surface area (Å²) in [5.74, 6) is -0.691. The molecule has 0 N–H and O–H groups in total. The maximum atomic E-state index is 13.4. The summed E-state index contributed by atoms with van der Waals surface area (Å²) >= 11 is 12.1. The molecule has 0 fully saturated rings. The first-order valence-corrected chi connectivity index (χ1v) is 10.4. The minimum absolute atomic E-state index is 0.0516. The van der Waals surface area contributed by atoms with E-state index in [9.17, 15) is 14.9 Å². The van der Waals surface area contributed by atoms with Crippen LogP contribution in [0.15, 0.2) is 72.8 Å². The fourth-order valence-corrected chi connectivity index (χ4v) is 3.82. The second kappa shape index (κ2) is 8.91. The van der Waals surface area contributed by atoms with Gasteiger partial charge in [0, 0.05) is 5.56 Å². The second-order valence-corrected chi connectivity index (χ2v) is 7.89. The summed E-state index contributed by atoms with van der Waals surface area (Å²) < 4.78 is 10.5. The van der Waals surface area contributed by atoms with Gasteiger partial charge in [0.2, 0.25) is 0 Å². The van der Waals surface area contributed by atoms with Crippen LogP contribution >= 0.6 is 23.2 Å². The van der Waals surface area contributed by atoms with Crippen molar-refractivity contribution in [1.82, 2.24) is 0 Å². The first kappa shape index (κ1) is 21.7. The van der Waals surface area contributed by atoms with Gasteiger partial charge < -0.3 is 14.4 Å². The summed E-state index contributed by atoms with van der Waals surface area (Å²) in [5, 5.41) is 10.7. The Bertz CT molecular complexity index is 1230. The third kappa shape index (κ3) is 4.01. The SMILES string of the molecule is N#CC1(OC(=O)OCc2ccccc2)C(=O)N(Cc2ccc(Cl)c(Cl)c2)c2ccccc21. The summed E-state index contributed by atoms with van der Waals surface area (Å²) in [5.41, 5.74) is 0.0172. The second-order valence-electron chi connectivity index (χ2n) is 7.08. The molecule has 1 aliphatic rings. The topological polar surface area (TPSA) is 79.6 Å². The zero-order valence-electron chi connectivity index (χ0n) is 16.6. The van der Waals surface area contributed by atoms with Crippen molar-refractivity contribution in [3.63, 3.8) is 0 Å². The van der Waals surface area contributed by atoms with E-state index in [0.717, 1.165) is 5.56 Å². The van der Waals surface area contributed by atoms with Gasteiger partial charge in [-0.15, -0.1) is 0 Å². The lowest BCUT2D eigenvalue weighted by Crippen LogP contribution is -2.42. The predicted molar refractivity (Wildman–Crippen MR) is 119 cm³/mol. The molecule has 0 aliphatic carbocycles. The molecule has 4 rings (SSSR count). The Morgan fingerprint density at radius 3 is 2.41 bits per heavy atom. The first-order chi connectivity index (χ1) is 15.4. The van der Waals surface area contributed by atoms with Crippen LogP contribution in [0.5, 0.6) is 0 Å². The van der Waals surface area contributed by atoms with Crippen LogP contribution < -0.4 is 4.90 Å². The van der Waals surface area contributed by atoms with Crippen molar-refractivity contribution in [1.29, 1.82) is 5.26 Å². The zero-order chi connectivity index (χ0) is 22.7. The van der Waals surface area contributed by atoms with Crippen LogP contribution in [0.3, 0.4) is 0 Å². The third-order valence-corrected chi connectivity index (χ3v) is 5.78. The van der Waals surface area contributed by atoms with Crippen molar-refractivity contribution in [2.24, 2.45) is 0 Å².